The summed E-state index contributed by atoms with van der Waals surface area (Å²) in [6.45, 7) is 0. The Morgan fingerprint density at radius 2 is 0.750 bits per heavy atom. The number of hydrogen-bond donors (Lipinski definition) is 0. The van der Waals surface area contributed by atoms with Crippen LogP contribution in [0.4, 0.5) is 4.70 Å². The van der Waals surface area contributed by atoms with E-state index in [1.165, 1.54) is 0 Å². The predicted octanol–water partition coefficient (Wildman–Crippen LogP) is -5.75. The van der Waals surface area contributed by atoms with Crippen LogP contribution in [0, 0.1) is 0 Å². The van der Waals surface area contributed by atoms with E-state index in [4.69, 9.17) is 19.2 Å². The Morgan fingerprint density at radius 3 is 0.750 bits per heavy atom. The van der Waals surface area contributed by atoms with Crippen LogP contribution < -0.4 is 19.2 Å². The van der Waals surface area contributed by atoms with Gasteiger partial charge >= 0.3 is 46.1 Å². The van der Waals surface area contributed by atoms with Gasteiger partial charge in [0.1, 0.15) is 0 Å². The second-order valence-corrected chi connectivity index (χ2v) is 1.50. The summed E-state index contributed by atoms with van der Waals surface area (Å²) in [4.78, 5) is 34.3. The fourth-order valence-corrected chi connectivity index (χ4v) is 0. The largest absolute Gasteiger partial charge is 2.00 e. The molecule has 0 aliphatic heterocycles. The second kappa shape index (κ2) is 8.52. The molecular weight excluding hydrogens is 160 g/mol. The Bertz CT molecular complexity index is 29.5. The van der Waals surface area contributed by atoms with Crippen molar-refractivity contribution in [1.29, 1.82) is 0 Å². The molecule has 4 nitrogen and oxygen atoms in total. The SMILES string of the molecule is F.[Mg+2].[Mg+2].[O-][Si]([O-])([O-])[O-]. The Labute approximate surface area is 78.7 Å². The Balaban J connectivity index is -0.0000000267. The third-order valence-electron chi connectivity index (χ3n) is 0. The maximum atomic E-state index is 8.58. The van der Waals surface area contributed by atoms with Crippen LogP contribution >= 0.6 is 0 Å². The molecule has 0 N–H and O–H groups in total. The van der Waals surface area contributed by atoms with E-state index in [0.29, 0.717) is 0 Å². The number of hydrogen-bond acceptors (Lipinski definition) is 4. The third-order valence-corrected chi connectivity index (χ3v) is 0. The van der Waals surface area contributed by atoms with Crippen molar-refractivity contribution >= 4 is 55.2 Å². The van der Waals surface area contributed by atoms with Gasteiger partial charge in [0, 0.05) is 0 Å². The maximum Gasteiger partial charge on any atom is 2.00 e. The van der Waals surface area contributed by atoms with Crippen LogP contribution in [-0.4, -0.2) is 55.2 Å². The molecule has 0 saturated carbocycles. The zero-order chi connectivity index (χ0) is 4.50. The van der Waals surface area contributed by atoms with Gasteiger partial charge in [-0.1, -0.05) is 0 Å². The first-order valence-electron chi connectivity index (χ1n) is 0.816. The van der Waals surface area contributed by atoms with Gasteiger partial charge in [-0.05, 0) is 0 Å². The molecule has 0 heterocycles. The van der Waals surface area contributed by atoms with Crippen molar-refractivity contribution in [2.45, 2.75) is 0 Å². The van der Waals surface area contributed by atoms with E-state index in [0.717, 1.165) is 0 Å². The minimum absolute atomic E-state index is 0. The van der Waals surface area contributed by atoms with Crippen LogP contribution in [0.1, 0.15) is 0 Å². The van der Waals surface area contributed by atoms with Gasteiger partial charge in [0.2, 0.25) is 0 Å². The molecule has 8 heavy (non-hydrogen) atoms. The van der Waals surface area contributed by atoms with Crippen molar-refractivity contribution in [2.24, 2.45) is 0 Å². The average Bonchev–Trinajstić information content (AvgIpc) is 0.722. The van der Waals surface area contributed by atoms with E-state index in [9.17, 15) is 0 Å². The monoisotopic (exact) mass is 160 g/mol. The van der Waals surface area contributed by atoms with Gasteiger partial charge in [0.25, 0.3) is 0 Å². The summed E-state index contributed by atoms with van der Waals surface area (Å²) in [5.74, 6) is 0. The second-order valence-electron chi connectivity index (χ2n) is 0.500. The topological polar surface area (TPSA) is 92.2 Å². The van der Waals surface area contributed by atoms with E-state index in [-0.39, 0.29) is 50.8 Å². The van der Waals surface area contributed by atoms with E-state index in [2.05, 4.69) is 0 Å². The first-order valence-corrected chi connectivity index (χ1v) is 2.45. The van der Waals surface area contributed by atoms with Crippen LogP contribution in [0.25, 0.3) is 0 Å². The fourth-order valence-electron chi connectivity index (χ4n) is 0. The fraction of sp³-hybridized carbons (Fsp3) is 0. The van der Waals surface area contributed by atoms with E-state index < -0.39 is 9.05 Å². The number of rotatable bonds is 0. The van der Waals surface area contributed by atoms with Crippen LogP contribution in [0.3, 0.4) is 0 Å². The molecular formula is HFMg2O4Si. The minimum atomic E-state index is -5.61. The zero-order valence-electron chi connectivity index (χ0n) is 3.96. The van der Waals surface area contributed by atoms with Crippen molar-refractivity contribution in [3.05, 3.63) is 0 Å². The molecule has 0 saturated heterocycles. The molecule has 0 fully saturated rings. The summed E-state index contributed by atoms with van der Waals surface area (Å²) in [6.07, 6.45) is 0. The Hall–Kier alpha value is 1.52. The third kappa shape index (κ3) is 138. The number of halogens is 1. The summed E-state index contributed by atoms with van der Waals surface area (Å²) < 4.78 is 0. The molecule has 0 aliphatic carbocycles. The molecule has 0 aromatic heterocycles. The molecule has 8 heteroatoms. The van der Waals surface area contributed by atoms with Gasteiger partial charge in [-0.3, -0.25) is 4.70 Å². The molecule has 40 valence electrons. The molecule has 0 unspecified atom stereocenters. The molecule has 0 amide bonds. The summed E-state index contributed by atoms with van der Waals surface area (Å²) in [7, 11) is -5.61. The molecule has 0 aromatic carbocycles. The summed E-state index contributed by atoms with van der Waals surface area (Å²) in [5.41, 5.74) is 0. The summed E-state index contributed by atoms with van der Waals surface area (Å²) >= 11 is 0. The van der Waals surface area contributed by atoms with Crippen molar-refractivity contribution in [3.63, 3.8) is 0 Å². The zero-order valence-corrected chi connectivity index (χ0v) is 7.78. The van der Waals surface area contributed by atoms with Crippen molar-refractivity contribution in [2.75, 3.05) is 0 Å². The minimum Gasteiger partial charge on any atom is -0.894 e. The molecule has 0 rings (SSSR count). The smallest absolute Gasteiger partial charge is 0.894 e. The average molecular weight is 161 g/mol. The molecule has 0 radical (unpaired) electrons. The van der Waals surface area contributed by atoms with Crippen LogP contribution in [0.2, 0.25) is 0 Å². The molecule has 0 aromatic rings. The van der Waals surface area contributed by atoms with E-state index >= 15 is 0 Å². The summed E-state index contributed by atoms with van der Waals surface area (Å²) in [6, 6.07) is 0. The van der Waals surface area contributed by atoms with E-state index in [1.54, 1.807) is 0 Å². The Kier molecular flexibility index (Phi) is 24.2. The van der Waals surface area contributed by atoms with Gasteiger partial charge in [0.05, 0.1) is 0 Å². The van der Waals surface area contributed by atoms with Crippen molar-refractivity contribution < 1.29 is 23.9 Å². The summed E-state index contributed by atoms with van der Waals surface area (Å²) in [5, 5.41) is 0. The van der Waals surface area contributed by atoms with Gasteiger partial charge in [-0.15, -0.1) is 0 Å². The van der Waals surface area contributed by atoms with Crippen molar-refractivity contribution in [3.8, 4) is 0 Å². The van der Waals surface area contributed by atoms with Gasteiger partial charge in [-0.25, -0.2) is 0 Å². The molecule has 0 aliphatic rings. The van der Waals surface area contributed by atoms with Gasteiger partial charge in [0.15, 0.2) is 0 Å². The van der Waals surface area contributed by atoms with Crippen molar-refractivity contribution in [1.82, 2.24) is 0 Å². The Morgan fingerprint density at radius 1 is 0.750 bits per heavy atom. The maximum absolute atomic E-state index is 8.58. The quantitative estimate of drug-likeness (QED) is 0.330. The van der Waals surface area contributed by atoms with Crippen LogP contribution in [0.5, 0.6) is 0 Å². The molecule has 0 atom stereocenters. The van der Waals surface area contributed by atoms with Crippen LogP contribution in [-0.2, 0) is 0 Å². The molecule has 0 bridgehead atoms. The van der Waals surface area contributed by atoms with Gasteiger partial charge < -0.3 is 28.2 Å². The van der Waals surface area contributed by atoms with Gasteiger partial charge in [-0.2, -0.15) is 0 Å². The normalized spacial score (nSPS) is 7.50. The van der Waals surface area contributed by atoms with E-state index in [1.807, 2.05) is 0 Å². The standard InChI is InChI=1S/FH.2Mg.O4Si/c;;;1-5(2,3)4/h1H;;;/q;2*+2;-4. The first kappa shape index (κ1) is 22.7. The molecule has 0 spiro atoms. The van der Waals surface area contributed by atoms with Crippen LogP contribution in [0.15, 0.2) is 0 Å². The first-order chi connectivity index (χ1) is 2.00. The predicted molar refractivity (Wildman–Crippen MR) is 19.8 cm³/mol.